The molecule has 1 saturated heterocycles. The average Bonchev–Trinajstić information content (AvgIpc) is 2.97. The first-order valence-electron chi connectivity index (χ1n) is 8.48. The zero-order valence-electron chi connectivity index (χ0n) is 13.6. The second kappa shape index (κ2) is 6.70. The van der Waals surface area contributed by atoms with Crippen LogP contribution in [0.15, 0.2) is 24.3 Å². The Bertz CT molecular complexity index is 572. The van der Waals surface area contributed by atoms with E-state index in [1.54, 1.807) is 6.92 Å². The summed E-state index contributed by atoms with van der Waals surface area (Å²) in [5, 5.41) is 13.6. The number of aliphatic hydroxyl groups is 1. The molecule has 0 spiro atoms. The van der Waals surface area contributed by atoms with Gasteiger partial charge in [-0.3, -0.25) is 0 Å². The zero-order valence-corrected chi connectivity index (χ0v) is 14.4. The van der Waals surface area contributed by atoms with Gasteiger partial charge in [0.2, 0.25) is 0 Å². The van der Waals surface area contributed by atoms with Crippen LogP contribution in [0.2, 0.25) is 5.02 Å². The summed E-state index contributed by atoms with van der Waals surface area (Å²) in [5.41, 5.74) is 1.13. The van der Waals surface area contributed by atoms with Gasteiger partial charge < -0.3 is 15.3 Å². The molecule has 0 aromatic heterocycles. The average molecular weight is 337 g/mol. The lowest BCUT2D eigenvalue weighted by Gasteiger charge is -2.43. The molecule has 2 N–H and O–H groups in total. The summed E-state index contributed by atoms with van der Waals surface area (Å²) in [5.74, 6) is 0.196. The van der Waals surface area contributed by atoms with Gasteiger partial charge in [-0.15, -0.1) is 0 Å². The number of carbonyl (C=O) groups excluding carboxylic acids is 1. The monoisotopic (exact) mass is 336 g/mol. The van der Waals surface area contributed by atoms with E-state index in [0.29, 0.717) is 13.1 Å². The molecule has 2 aliphatic rings. The van der Waals surface area contributed by atoms with Gasteiger partial charge in [0, 0.05) is 36.0 Å². The second-order valence-electron chi connectivity index (χ2n) is 7.01. The van der Waals surface area contributed by atoms with Gasteiger partial charge in [0.1, 0.15) is 0 Å². The van der Waals surface area contributed by atoms with Crippen molar-refractivity contribution in [3.8, 4) is 0 Å². The molecule has 2 amide bonds. The number of amides is 2. The number of nitrogens with one attached hydrogen (secondary N) is 1. The van der Waals surface area contributed by atoms with Crippen LogP contribution in [-0.2, 0) is 5.41 Å². The molecule has 1 saturated carbocycles. The highest BCUT2D eigenvalue weighted by Gasteiger charge is 2.40. The Hall–Kier alpha value is -1.26. The molecular weight excluding hydrogens is 312 g/mol. The van der Waals surface area contributed by atoms with Gasteiger partial charge >= 0.3 is 6.03 Å². The van der Waals surface area contributed by atoms with Gasteiger partial charge in [-0.05, 0) is 37.8 Å². The van der Waals surface area contributed by atoms with Gasteiger partial charge in [0.05, 0.1) is 6.10 Å². The van der Waals surface area contributed by atoms with E-state index in [4.69, 9.17) is 11.6 Å². The molecule has 23 heavy (non-hydrogen) atoms. The number of nitrogens with zero attached hydrogens (tertiary/aromatic N) is 1. The first-order valence-corrected chi connectivity index (χ1v) is 8.85. The summed E-state index contributed by atoms with van der Waals surface area (Å²) in [6.45, 7) is 3.79. The molecule has 2 fully saturated rings. The SMILES string of the molecule is C[C@@H](O)[C@H]1CCN(C(=O)NCC2(c3ccccc3Cl)CCC2)C1. The molecule has 2 atom stereocenters. The highest BCUT2D eigenvalue weighted by atomic mass is 35.5. The molecule has 5 heteroatoms. The number of benzene rings is 1. The molecule has 3 rings (SSSR count). The molecule has 1 aliphatic heterocycles. The van der Waals surface area contributed by atoms with Crippen LogP contribution in [0.4, 0.5) is 4.79 Å². The van der Waals surface area contributed by atoms with Crippen molar-refractivity contribution in [3.63, 3.8) is 0 Å². The quantitative estimate of drug-likeness (QED) is 0.887. The summed E-state index contributed by atoms with van der Waals surface area (Å²) < 4.78 is 0. The van der Waals surface area contributed by atoms with Crippen LogP contribution in [0.3, 0.4) is 0 Å². The zero-order chi connectivity index (χ0) is 16.4. The number of aliphatic hydroxyl groups excluding tert-OH is 1. The minimum Gasteiger partial charge on any atom is -0.393 e. The largest absolute Gasteiger partial charge is 0.393 e. The maximum absolute atomic E-state index is 12.4. The fraction of sp³-hybridized carbons (Fsp3) is 0.611. The highest BCUT2D eigenvalue weighted by Crippen LogP contribution is 2.45. The van der Waals surface area contributed by atoms with E-state index >= 15 is 0 Å². The van der Waals surface area contributed by atoms with Crippen molar-refractivity contribution in [2.45, 2.75) is 44.1 Å². The lowest BCUT2D eigenvalue weighted by Crippen LogP contribution is -2.49. The van der Waals surface area contributed by atoms with Crippen LogP contribution in [0.1, 0.15) is 38.2 Å². The first kappa shape index (κ1) is 16.6. The van der Waals surface area contributed by atoms with Crippen molar-refractivity contribution in [1.82, 2.24) is 10.2 Å². The van der Waals surface area contributed by atoms with Gasteiger partial charge in [-0.25, -0.2) is 4.79 Å². The number of rotatable bonds is 4. The maximum atomic E-state index is 12.4. The van der Waals surface area contributed by atoms with Crippen LogP contribution in [0.25, 0.3) is 0 Å². The van der Waals surface area contributed by atoms with E-state index < -0.39 is 0 Å². The Morgan fingerprint density at radius 2 is 2.22 bits per heavy atom. The van der Waals surface area contributed by atoms with Crippen molar-refractivity contribution >= 4 is 17.6 Å². The number of carbonyl (C=O) groups is 1. The third-order valence-electron chi connectivity index (χ3n) is 5.53. The Labute approximate surface area is 142 Å². The molecule has 1 aliphatic carbocycles. The molecule has 0 bridgehead atoms. The Morgan fingerprint density at radius 1 is 1.48 bits per heavy atom. The van der Waals surface area contributed by atoms with Gasteiger partial charge in [0.25, 0.3) is 0 Å². The minimum absolute atomic E-state index is 0.0165. The summed E-state index contributed by atoms with van der Waals surface area (Å²) in [6.07, 6.45) is 3.82. The predicted molar refractivity (Wildman–Crippen MR) is 91.7 cm³/mol. The Kier molecular flexibility index (Phi) is 4.83. The molecule has 0 radical (unpaired) electrons. The maximum Gasteiger partial charge on any atom is 0.317 e. The van der Waals surface area contributed by atoms with Crippen LogP contribution < -0.4 is 5.32 Å². The van der Waals surface area contributed by atoms with Crippen LogP contribution in [-0.4, -0.2) is 41.8 Å². The number of urea groups is 1. The minimum atomic E-state index is -0.353. The van der Waals surface area contributed by atoms with Gasteiger partial charge in [-0.1, -0.05) is 36.2 Å². The standard InChI is InChI=1S/C18H25ClN2O2/c1-13(22)14-7-10-21(11-14)17(23)20-12-18(8-4-9-18)15-5-2-3-6-16(15)19/h2-3,5-6,13-14,22H,4,7-12H2,1H3,(H,20,23)/t13-,14+/m1/s1. The van der Waals surface area contributed by atoms with Crippen molar-refractivity contribution in [3.05, 3.63) is 34.9 Å². The highest BCUT2D eigenvalue weighted by molar-refractivity contribution is 6.31. The van der Waals surface area contributed by atoms with Gasteiger partial charge in [-0.2, -0.15) is 0 Å². The smallest absolute Gasteiger partial charge is 0.317 e. The lowest BCUT2D eigenvalue weighted by molar-refractivity contribution is 0.128. The van der Waals surface area contributed by atoms with Crippen LogP contribution in [0, 0.1) is 5.92 Å². The summed E-state index contributed by atoms with van der Waals surface area (Å²) >= 11 is 6.37. The predicted octanol–water partition coefficient (Wildman–Crippen LogP) is 3.17. The summed E-state index contributed by atoms with van der Waals surface area (Å²) in [4.78, 5) is 14.2. The fourth-order valence-electron chi connectivity index (χ4n) is 3.76. The topological polar surface area (TPSA) is 52.6 Å². The van der Waals surface area contributed by atoms with Crippen molar-refractivity contribution < 1.29 is 9.90 Å². The van der Waals surface area contributed by atoms with Gasteiger partial charge in [0.15, 0.2) is 0 Å². The third-order valence-corrected chi connectivity index (χ3v) is 5.86. The number of hydrogen-bond donors (Lipinski definition) is 2. The van der Waals surface area contributed by atoms with Crippen molar-refractivity contribution in [1.29, 1.82) is 0 Å². The molecule has 126 valence electrons. The van der Waals surface area contributed by atoms with E-state index in [2.05, 4.69) is 11.4 Å². The molecule has 4 nitrogen and oxygen atoms in total. The van der Waals surface area contributed by atoms with E-state index in [1.165, 1.54) is 6.42 Å². The lowest BCUT2D eigenvalue weighted by atomic mass is 9.64. The molecule has 1 aromatic carbocycles. The summed E-state index contributed by atoms with van der Waals surface area (Å²) in [6, 6.07) is 7.93. The molecule has 1 heterocycles. The Balaban J connectivity index is 1.61. The second-order valence-corrected chi connectivity index (χ2v) is 7.42. The summed E-state index contributed by atoms with van der Waals surface area (Å²) in [7, 11) is 0. The first-order chi connectivity index (χ1) is 11.0. The van der Waals surface area contributed by atoms with Crippen molar-refractivity contribution in [2.24, 2.45) is 5.92 Å². The van der Waals surface area contributed by atoms with E-state index in [1.807, 2.05) is 23.1 Å². The van der Waals surface area contributed by atoms with E-state index in [0.717, 1.165) is 36.4 Å². The molecule has 1 aromatic rings. The van der Waals surface area contributed by atoms with E-state index in [9.17, 15) is 9.90 Å². The van der Waals surface area contributed by atoms with Crippen LogP contribution in [0.5, 0.6) is 0 Å². The van der Waals surface area contributed by atoms with Crippen molar-refractivity contribution in [2.75, 3.05) is 19.6 Å². The fourth-order valence-corrected chi connectivity index (χ4v) is 4.09. The molecule has 0 unspecified atom stereocenters. The van der Waals surface area contributed by atoms with E-state index in [-0.39, 0.29) is 23.5 Å². The number of likely N-dealkylation sites (tertiary alicyclic amines) is 1. The number of hydrogen-bond acceptors (Lipinski definition) is 2. The Morgan fingerprint density at radius 3 is 2.78 bits per heavy atom. The number of halogens is 1. The molecular formula is C18H25ClN2O2. The van der Waals surface area contributed by atoms with Crippen LogP contribution >= 0.6 is 11.6 Å². The third kappa shape index (κ3) is 3.33. The normalized spacial score (nSPS) is 24.1.